The molecule has 0 saturated carbocycles. The van der Waals surface area contributed by atoms with E-state index in [1.165, 1.54) is 24.4 Å². The fourth-order valence-corrected chi connectivity index (χ4v) is 6.89. The Hall–Kier alpha value is -3.52. The molecule has 0 amide bonds. The predicted octanol–water partition coefficient (Wildman–Crippen LogP) is 2.87. The number of esters is 1. The van der Waals surface area contributed by atoms with E-state index in [1.807, 2.05) is 30.4 Å². The van der Waals surface area contributed by atoms with Crippen molar-refractivity contribution in [2.75, 3.05) is 13.7 Å². The van der Waals surface area contributed by atoms with Crippen LogP contribution in [0.4, 0.5) is 0 Å². The zero-order chi connectivity index (χ0) is 31.3. The summed E-state index contributed by atoms with van der Waals surface area (Å²) in [5, 5.41) is 16.8. The Morgan fingerprint density at radius 3 is 2.77 bits per heavy atom. The van der Waals surface area contributed by atoms with Gasteiger partial charge >= 0.3 is 19.4 Å². The van der Waals surface area contributed by atoms with Gasteiger partial charge in [-0.15, -0.1) is 0 Å². The fraction of sp³-hybridized carbons (Fsp3) is 0.345. The number of halogens is 1. The van der Waals surface area contributed by atoms with Crippen LogP contribution in [-0.4, -0.2) is 58.6 Å². The number of nitrogens with one attached hydrogen (secondary N) is 3. The van der Waals surface area contributed by atoms with Gasteiger partial charge in [-0.25, -0.2) is 9.36 Å². The lowest BCUT2D eigenvalue weighted by Crippen LogP contribution is -2.40. The number of para-hydroxylation sites is 1. The second kappa shape index (κ2) is 14.1. The Balaban J connectivity index is 1.33. The zero-order valence-corrected chi connectivity index (χ0v) is 26.1. The topological polar surface area (TPSA) is 170 Å². The number of aliphatic hydroxyl groups is 1. The minimum absolute atomic E-state index is 0.00937. The number of nitrogens with zero attached hydrogens (tertiary/aromatic N) is 1. The van der Waals surface area contributed by atoms with Crippen molar-refractivity contribution in [1.29, 1.82) is 0 Å². The standard InChI is InChI=1S/C29H32BrN4O9P/c1-40-28(37)23(14-20-13-18-7-5-6-10-22(18)31-20)33-44(39,43-21-8-3-2-4-9-21)41-17-25-24(35)15-26(42-25)34-16-19(11-12-30)27(36)32-29(34)38/h2-13,16,18,22-26,31,35H,14-15,17H2,1H3,(H,33,39)(H,32,36,38)/b12-11+/t18?,22?,23-,24?,25?,26?,44?/m0/s1. The van der Waals surface area contributed by atoms with Crippen LogP contribution in [0.5, 0.6) is 5.75 Å². The van der Waals surface area contributed by atoms with Gasteiger partial charge in [0.2, 0.25) is 0 Å². The lowest BCUT2D eigenvalue weighted by Gasteiger charge is -2.26. The van der Waals surface area contributed by atoms with Crippen molar-refractivity contribution in [1.82, 2.24) is 20.0 Å². The van der Waals surface area contributed by atoms with Gasteiger partial charge in [-0.1, -0.05) is 64.5 Å². The predicted molar refractivity (Wildman–Crippen MR) is 165 cm³/mol. The average Bonchev–Trinajstić information content (AvgIpc) is 3.59. The number of hydrogen-bond acceptors (Lipinski definition) is 10. The maximum absolute atomic E-state index is 14.2. The molecule has 2 aliphatic heterocycles. The van der Waals surface area contributed by atoms with E-state index in [9.17, 15) is 24.1 Å². The van der Waals surface area contributed by atoms with Gasteiger partial charge in [-0.05, 0) is 23.2 Å². The van der Waals surface area contributed by atoms with Gasteiger partial charge in [-0.3, -0.25) is 23.7 Å². The molecule has 6 unspecified atom stereocenters. The smallest absolute Gasteiger partial charge is 0.459 e. The van der Waals surface area contributed by atoms with Crippen molar-refractivity contribution in [3.8, 4) is 5.75 Å². The third kappa shape index (κ3) is 7.57. The van der Waals surface area contributed by atoms with Crippen molar-refractivity contribution in [2.45, 2.75) is 43.4 Å². The summed E-state index contributed by atoms with van der Waals surface area (Å²) in [5.74, 6) is -0.353. The molecule has 13 nitrogen and oxygen atoms in total. The summed E-state index contributed by atoms with van der Waals surface area (Å²) in [4.78, 5) is 41.1. The summed E-state index contributed by atoms with van der Waals surface area (Å²) in [6.07, 6.45) is 9.73. The maximum Gasteiger partial charge on any atom is 0.459 e. The van der Waals surface area contributed by atoms with Crippen LogP contribution in [0.2, 0.25) is 0 Å². The Labute approximate surface area is 261 Å². The molecule has 0 bridgehead atoms. The van der Waals surface area contributed by atoms with E-state index in [0.29, 0.717) is 0 Å². The number of hydrogen-bond donors (Lipinski definition) is 4. The Bertz CT molecular complexity index is 1640. The number of ether oxygens (including phenoxy) is 2. The van der Waals surface area contributed by atoms with Gasteiger partial charge in [0.05, 0.1) is 31.4 Å². The highest BCUT2D eigenvalue weighted by molar-refractivity contribution is 9.11. The molecule has 1 fully saturated rings. The van der Waals surface area contributed by atoms with Crippen LogP contribution < -0.4 is 26.2 Å². The number of fused-ring (bicyclic) bond motifs is 1. The number of carbonyl (C=O) groups excluding carboxylic acids is 1. The Morgan fingerprint density at radius 1 is 1.27 bits per heavy atom. The molecule has 1 aliphatic carbocycles. The van der Waals surface area contributed by atoms with E-state index < -0.39 is 56.0 Å². The van der Waals surface area contributed by atoms with Gasteiger partial charge < -0.3 is 24.4 Å². The molecule has 44 heavy (non-hydrogen) atoms. The number of carbonyl (C=O) groups is 1. The molecule has 7 atom stereocenters. The first kappa shape index (κ1) is 31.9. The van der Waals surface area contributed by atoms with Gasteiger partial charge in [0.15, 0.2) is 0 Å². The lowest BCUT2D eigenvalue weighted by molar-refractivity contribution is -0.142. The third-order valence-electron chi connectivity index (χ3n) is 7.28. The molecular formula is C29H32BrN4O9P. The van der Waals surface area contributed by atoms with Crippen molar-refractivity contribution in [2.24, 2.45) is 5.92 Å². The Kier molecular flexibility index (Phi) is 10.2. The van der Waals surface area contributed by atoms with Crippen molar-refractivity contribution < 1.29 is 33.0 Å². The number of aliphatic hydroxyl groups excluding tert-OH is 1. The molecule has 5 rings (SSSR count). The van der Waals surface area contributed by atoms with E-state index in [4.69, 9.17) is 18.5 Å². The molecule has 15 heteroatoms. The van der Waals surface area contributed by atoms with Crippen molar-refractivity contribution in [3.05, 3.63) is 104 Å². The highest BCUT2D eigenvalue weighted by Gasteiger charge is 2.41. The molecule has 1 aromatic carbocycles. The van der Waals surface area contributed by atoms with E-state index in [0.717, 1.165) is 10.3 Å². The van der Waals surface area contributed by atoms with E-state index in [1.54, 1.807) is 30.3 Å². The number of allylic oxidation sites excluding steroid dienone is 2. The molecule has 1 saturated heterocycles. The second-order valence-corrected chi connectivity index (χ2v) is 12.5. The van der Waals surface area contributed by atoms with Gasteiger partial charge in [0.1, 0.15) is 24.1 Å². The molecule has 0 spiro atoms. The molecule has 234 valence electrons. The van der Waals surface area contributed by atoms with Gasteiger partial charge in [0.25, 0.3) is 5.56 Å². The lowest BCUT2D eigenvalue weighted by atomic mass is 9.98. The van der Waals surface area contributed by atoms with Crippen LogP contribution in [0.15, 0.2) is 87.2 Å². The number of aromatic amines is 1. The summed E-state index contributed by atoms with van der Waals surface area (Å²) >= 11 is 3.10. The van der Waals surface area contributed by atoms with Crippen LogP contribution in [0.3, 0.4) is 0 Å². The minimum atomic E-state index is -4.31. The van der Waals surface area contributed by atoms with Crippen molar-refractivity contribution in [3.63, 3.8) is 0 Å². The maximum atomic E-state index is 14.2. The monoisotopic (exact) mass is 690 g/mol. The third-order valence-corrected chi connectivity index (χ3v) is 9.11. The van der Waals surface area contributed by atoms with Crippen molar-refractivity contribution >= 4 is 35.7 Å². The Morgan fingerprint density at radius 2 is 2.05 bits per heavy atom. The highest BCUT2D eigenvalue weighted by Crippen LogP contribution is 2.46. The molecule has 1 aromatic heterocycles. The number of methoxy groups -OCH3 is 1. The number of benzene rings is 1. The van der Waals surface area contributed by atoms with Crippen LogP contribution in [0.1, 0.15) is 24.6 Å². The SMILES string of the molecule is COC(=O)[C@H](CC1=CC2C=CC=CC2N1)NP(=O)(OCC1OC(n2cc(/C=C/Br)c(=O)[nH]c2=O)CC1O)Oc1ccccc1. The number of H-pyrrole nitrogens is 1. The summed E-state index contributed by atoms with van der Waals surface area (Å²) in [6, 6.07) is 7.20. The molecule has 2 aromatic rings. The van der Waals surface area contributed by atoms with Crippen LogP contribution >= 0.6 is 23.7 Å². The van der Waals surface area contributed by atoms with Crippen LogP contribution in [-0.2, 0) is 23.4 Å². The summed E-state index contributed by atoms with van der Waals surface area (Å²) in [5.41, 5.74) is -0.359. The van der Waals surface area contributed by atoms with Gasteiger partial charge in [-0.2, -0.15) is 5.09 Å². The fourth-order valence-electron chi connectivity index (χ4n) is 5.10. The molecule has 4 N–H and O–H groups in total. The summed E-state index contributed by atoms with van der Waals surface area (Å²) < 4.78 is 37.8. The first-order valence-corrected chi connectivity index (χ1v) is 16.3. The van der Waals surface area contributed by atoms with Crippen LogP contribution in [0, 0.1) is 5.92 Å². The summed E-state index contributed by atoms with van der Waals surface area (Å²) in [6.45, 7) is -0.421. The first-order valence-electron chi connectivity index (χ1n) is 13.8. The van der Waals surface area contributed by atoms with Gasteiger partial charge in [0, 0.05) is 30.7 Å². The first-order chi connectivity index (χ1) is 21.2. The molecule has 0 radical (unpaired) electrons. The average molecular weight is 691 g/mol. The second-order valence-electron chi connectivity index (χ2n) is 10.3. The normalized spacial score (nSPS) is 26.1. The molecule has 3 heterocycles. The van der Waals surface area contributed by atoms with E-state index in [-0.39, 0.29) is 36.1 Å². The zero-order valence-electron chi connectivity index (χ0n) is 23.6. The number of aromatic nitrogens is 2. The number of rotatable bonds is 12. The van der Waals surface area contributed by atoms with E-state index >= 15 is 0 Å². The van der Waals surface area contributed by atoms with E-state index in [2.05, 4.69) is 31.3 Å². The molecule has 3 aliphatic rings. The van der Waals surface area contributed by atoms with Crippen LogP contribution in [0.25, 0.3) is 6.08 Å². The summed E-state index contributed by atoms with van der Waals surface area (Å²) in [7, 11) is -3.09. The quantitative estimate of drug-likeness (QED) is 0.191. The minimum Gasteiger partial charge on any atom is -0.468 e. The largest absolute Gasteiger partial charge is 0.468 e. The molecular weight excluding hydrogens is 659 g/mol. The highest BCUT2D eigenvalue weighted by atomic mass is 79.9.